The van der Waals surface area contributed by atoms with Crippen LogP contribution in [0.5, 0.6) is 11.5 Å². The number of aromatic amines is 1. The molecule has 4 rings (SSSR count). The van der Waals surface area contributed by atoms with Gasteiger partial charge in [-0.1, -0.05) is 44.7 Å². The largest absolute Gasteiger partial charge is 0.422 e. The summed E-state index contributed by atoms with van der Waals surface area (Å²) in [5.41, 5.74) is 1.47. The quantitative estimate of drug-likeness (QED) is 0.185. The molecular weight excluding hydrogens is 576 g/mol. The second-order valence-corrected chi connectivity index (χ2v) is 9.90. The number of aromatic nitrogens is 3. The molecule has 1 aliphatic heterocycles. The number of para-hydroxylation sites is 1. The van der Waals surface area contributed by atoms with Gasteiger partial charge in [-0.15, -0.1) is 0 Å². The van der Waals surface area contributed by atoms with Crippen molar-refractivity contribution >= 4 is 51.2 Å². The minimum atomic E-state index is -0.910. The number of thioether (sulfide) groups is 1. The van der Waals surface area contributed by atoms with Crippen LogP contribution in [-0.2, 0) is 14.4 Å². The van der Waals surface area contributed by atoms with Crippen LogP contribution in [0.3, 0.4) is 0 Å². The van der Waals surface area contributed by atoms with Gasteiger partial charge in [0.2, 0.25) is 11.1 Å². The lowest BCUT2D eigenvalue weighted by Gasteiger charge is -2.32. The molecule has 1 aromatic heterocycles. The van der Waals surface area contributed by atoms with E-state index in [-0.39, 0.29) is 47.9 Å². The Morgan fingerprint density at radius 1 is 1.08 bits per heavy atom. The van der Waals surface area contributed by atoms with Crippen molar-refractivity contribution in [2.75, 3.05) is 11.2 Å². The maximum absolute atomic E-state index is 13.4. The lowest BCUT2D eigenvalue weighted by Crippen LogP contribution is -2.60. The molecule has 0 unspecified atom stereocenters. The number of carbonyl (C=O) groups excluding carboxylic acids is 3. The second-order valence-electron chi connectivity index (χ2n) is 8.25. The molecule has 0 spiro atoms. The highest BCUT2D eigenvalue weighted by atomic mass is 79.9. The highest BCUT2D eigenvalue weighted by Crippen LogP contribution is 2.43. The molecule has 0 saturated heterocycles. The van der Waals surface area contributed by atoms with Crippen molar-refractivity contribution < 1.29 is 28.5 Å². The first-order chi connectivity index (χ1) is 18.2. The van der Waals surface area contributed by atoms with E-state index in [4.69, 9.17) is 9.47 Å². The van der Waals surface area contributed by atoms with Crippen molar-refractivity contribution in [1.82, 2.24) is 10.1 Å². The summed E-state index contributed by atoms with van der Waals surface area (Å²) >= 11 is 4.70. The Kier molecular flexibility index (Phi) is 8.32. The third-order valence-corrected chi connectivity index (χ3v) is 7.03. The van der Waals surface area contributed by atoms with Crippen LogP contribution in [0.4, 0.5) is 5.69 Å². The topological polar surface area (TPSA) is 123 Å². The highest BCUT2D eigenvalue weighted by Gasteiger charge is 2.46. The van der Waals surface area contributed by atoms with Crippen molar-refractivity contribution in [1.29, 1.82) is 0 Å². The molecule has 1 amide bonds. The van der Waals surface area contributed by atoms with E-state index >= 15 is 0 Å². The molecule has 10 nitrogen and oxygen atoms in total. The number of rotatable bonds is 7. The average Bonchev–Trinajstić information content (AvgIpc) is 2.92. The Morgan fingerprint density at radius 3 is 2.42 bits per heavy atom. The van der Waals surface area contributed by atoms with E-state index in [1.807, 2.05) is 0 Å². The van der Waals surface area contributed by atoms with Crippen LogP contribution in [-0.4, -0.2) is 34.2 Å². The number of benzene rings is 2. The van der Waals surface area contributed by atoms with E-state index in [2.05, 4.69) is 26.0 Å². The van der Waals surface area contributed by atoms with Crippen molar-refractivity contribution in [3.05, 3.63) is 56.8 Å². The standard InChI is InChI=1S/C26H25BrN4O6S/c1-5-19(32)30-17-11-9-8-10-15(17)22-24(35)28-26(38-4)29-31(22)25(30)14-12-16(27)23(37-21(34)7-3)18(13-14)36-20(33)6-2/h8-13,25H,5-7H2,1-4H3/p+1/t25-/m1/s1. The molecule has 0 radical (unpaired) electrons. The first-order valence-corrected chi connectivity index (χ1v) is 14.0. The van der Waals surface area contributed by atoms with Crippen LogP contribution < -0.4 is 24.6 Å². The van der Waals surface area contributed by atoms with E-state index in [1.54, 1.807) is 62.3 Å². The fourth-order valence-electron chi connectivity index (χ4n) is 4.10. The minimum absolute atomic E-state index is 0.00265. The summed E-state index contributed by atoms with van der Waals surface area (Å²) in [6, 6.07) is 10.3. The number of halogens is 1. The van der Waals surface area contributed by atoms with Gasteiger partial charge in [-0.3, -0.25) is 24.2 Å². The van der Waals surface area contributed by atoms with E-state index < -0.39 is 18.1 Å². The Hall–Kier alpha value is -3.51. The van der Waals surface area contributed by atoms with Gasteiger partial charge in [-0.2, -0.15) is 0 Å². The summed E-state index contributed by atoms with van der Waals surface area (Å²) in [5, 5.41) is 5.02. The number of carbonyl (C=O) groups is 3. The SMILES string of the molecule is CCC(=O)Oc1cc([C@@H]2N(C(=O)CC)c3ccccc3-c3c(=O)[nH]c(SC)n[n+]32)cc(Br)c1OC(=O)CC. The predicted octanol–water partition coefficient (Wildman–Crippen LogP) is 4.14. The number of H-pyrrole nitrogens is 1. The van der Waals surface area contributed by atoms with E-state index in [0.717, 1.165) is 0 Å². The first-order valence-electron chi connectivity index (χ1n) is 12.0. The van der Waals surface area contributed by atoms with Crippen LogP contribution in [0.2, 0.25) is 0 Å². The number of hydrogen-bond donors (Lipinski definition) is 1. The number of ether oxygens (including phenoxy) is 2. The van der Waals surface area contributed by atoms with Gasteiger partial charge in [-0.25, -0.2) is 4.90 Å². The van der Waals surface area contributed by atoms with E-state index in [0.29, 0.717) is 26.4 Å². The Bertz CT molecular complexity index is 1490. The molecule has 38 heavy (non-hydrogen) atoms. The van der Waals surface area contributed by atoms with Crippen molar-refractivity contribution in [3.8, 4) is 22.8 Å². The Labute approximate surface area is 231 Å². The number of amides is 1. The molecule has 12 heteroatoms. The molecule has 1 aliphatic rings. The first kappa shape index (κ1) is 27.5. The third kappa shape index (κ3) is 5.10. The van der Waals surface area contributed by atoms with Crippen LogP contribution in [0.15, 0.2) is 50.8 Å². The summed E-state index contributed by atoms with van der Waals surface area (Å²) in [5.74, 6) is -1.22. The fraction of sp³-hybridized carbons (Fsp3) is 0.308. The number of anilines is 1. The number of esters is 2. The Balaban J connectivity index is 2.04. The van der Waals surface area contributed by atoms with Gasteiger partial charge < -0.3 is 9.47 Å². The van der Waals surface area contributed by atoms with Gasteiger partial charge in [0, 0.05) is 24.4 Å². The number of nitrogens with one attached hydrogen (secondary N) is 1. The summed E-state index contributed by atoms with van der Waals surface area (Å²) in [7, 11) is 0. The van der Waals surface area contributed by atoms with Gasteiger partial charge >= 0.3 is 23.2 Å². The second kappa shape index (κ2) is 11.5. The van der Waals surface area contributed by atoms with Gasteiger partial charge in [0.25, 0.3) is 6.17 Å². The molecule has 1 N–H and O–H groups in total. The monoisotopic (exact) mass is 601 g/mol. The predicted molar refractivity (Wildman–Crippen MR) is 144 cm³/mol. The lowest BCUT2D eigenvalue weighted by molar-refractivity contribution is -0.763. The number of fused-ring (bicyclic) bond motifs is 3. The van der Waals surface area contributed by atoms with Gasteiger partial charge in [0.15, 0.2) is 11.5 Å². The van der Waals surface area contributed by atoms with Gasteiger partial charge in [0.05, 0.1) is 21.3 Å². The van der Waals surface area contributed by atoms with Gasteiger partial charge in [-0.05, 0) is 51.1 Å². The average molecular weight is 602 g/mol. The molecule has 198 valence electrons. The molecule has 3 aromatic rings. The lowest BCUT2D eigenvalue weighted by atomic mass is 10.0. The Morgan fingerprint density at radius 2 is 1.76 bits per heavy atom. The van der Waals surface area contributed by atoms with Crippen molar-refractivity contribution in [2.45, 2.75) is 51.4 Å². The summed E-state index contributed by atoms with van der Waals surface area (Å²) in [6.07, 6.45) is 1.26. The van der Waals surface area contributed by atoms with Crippen LogP contribution in [0.1, 0.15) is 51.8 Å². The zero-order valence-electron chi connectivity index (χ0n) is 21.2. The molecule has 0 fully saturated rings. The molecule has 0 bridgehead atoms. The summed E-state index contributed by atoms with van der Waals surface area (Å²) < 4.78 is 12.8. The van der Waals surface area contributed by atoms with E-state index in [1.165, 1.54) is 22.5 Å². The summed E-state index contributed by atoms with van der Waals surface area (Å²) in [6.45, 7) is 5.04. The zero-order valence-corrected chi connectivity index (χ0v) is 23.6. The fourth-order valence-corrected chi connectivity index (χ4v) is 5.00. The van der Waals surface area contributed by atoms with Crippen LogP contribution >= 0.6 is 27.7 Å². The molecule has 2 heterocycles. The maximum atomic E-state index is 13.4. The highest BCUT2D eigenvalue weighted by molar-refractivity contribution is 9.10. The molecular formula is C26H26BrN4O6S+. The third-order valence-electron chi connectivity index (χ3n) is 5.87. The van der Waals surface area contributed by atoms with Crippen molar-refractivity contribution in [3.63, 3.8) is 0 Å². The molecule has 0 aliphatic carbocycles. The number of hydrogen-bond acceptors (Lipinski definition) is 8. The normalized spacial score (nSPS) is 13.9. The van der Waals surface area contributed by atoms with Crippen LogP contribution in [0, 0.1) is 0 Å². The molecule has 0 saturated carbocycles. The molecule has 2 aromatic carbocycles. The zero-order chi connectivity index (χ0) is 27.6. The smallest absolute Gasteiger partial charge is 0.325 e. The van der Waals surface area contributed by atoms with E-state index in [9.17, 15) is 19.2 Å². The number of nitrogens with zero attached hydrogens (tertiary/aromatic N) is 3. The minimum Gasteiger partial charge on any atom is -0.422 e. The van der Waals surface area contributed by atoms with Crippen molar-refractivity contribution in [2.24, 2.45) is 0 Å². The molecule has 1 atom stereocenters. The maximum Gasteiger partial charge on any atom is 0.325 e. The van der Waals surface area contributed by atoms with Crippen LogP contribution in [0.25, 0.3) is 11.3 Å². The van der Waals surface area contributed by atoms with Gasteiger partial charge in [0.1, 0.15) is 0 Å². The summed E-state index contributed by atoms with van der Waals surface area (Å²) in [4.78, 5) is 55.5.